The molecule has 0 aliphatic heterocycles. The van der Waals surface area contributed by atoms with E-state index in [0.717, 1.165) is 24.8 Å². The van der Waals surface area contributed by atoms with Gasteiger partial charge in [-0.2, -0.15) is 0 Å². The van der Waals surface area contributed by atoms with Crippen molar-refractivity contribution in [2.24, 2.45) is 0 Å². The number of ether oxygens (including phenoxy) is 2. The van der Waals surface area contributed by atoms with E-state index in [0.29, 0.717) is 23.1 Å². The Hall–Kier alpha value is -2.44. The number of hydrogen-bond acceptors (Lipinski definition) is 4. The van der Waals surface area contributed by atoms with Crippen LogP contribution in [0.1, 0.15) is 55.1 Å². The summed E-state index contributed by atoms with van der Waals surface area (Å²) in [6.45, 7) is 4.45. The monoisotopic (exact) mass is 466 g/mol. The summed E-state index contributed by atoms with van der Waals surface area (Å²) in [6.07, 6.45) is 3.23. The summed E-state index contributed by atoms with van der Waals surface area (Å²) < 4.78 is 11.2. The minimum Gasteiger partial charge on any atom is -0.493 e. The number of methoxy groups -OCH3 is 1. The van der Waals surface area contributed by atoms with Gasteiger partial charge in [-0.25, -0.2) is 0 Å². The van der Waals surface area contributed by atoms with Crippen molar-refractivity contribution in [3.63, 3.8) is 0 Å². The second-order valence-electron chi connectivity index (χ2n) is 7.06. The van der Waals surface area contributed by atoms with Crippen molar-refractivity contribution in [3.8, 4) is 11.5 Å². The fourth-order valence-corrected chi connectivity index (χ4v) is 3.41. The Morgan fingerprint density at radius 2 is 1.84 bits per heavy atom. The third kappa shape index (κ3) is 7.64. The first-order valence-electron chi connectivity index (χ1n) is 10.2. The molecule has 0 aliphatic carbocycles. The number of carbonyl (C=O) groups excluding carboxylic acids is 2. The molecule has 2 amide bonds. The van der Waals surface area contributed by atoms with Gasteiger partial charge in [0, 0.05) is 5.02 Å². The highest BCUT2D eigenvalue weighted by Crippen LogP contribution is 2.30. The van der Waals surface area contributed by atoms with Crippen LogP contribution in [0, 0.1) is 0 Å². The van der Waals surface area contributed by atoms with Crippen LogP contribution in [0.25, 0.3) is 0 Å². The number of amides is 2. The van der Waals surface area contributed by atoms with Crippen molar-refractivity contribution in [3.05, 3.63) is 57.6 Å². The van der Waals surface area contributed by atoms with Crippen LogP contribution in [0.5, 0.6) is 11.5 Å². The molecule has 2 aromatic rings. The summed E-state index contributed by atoms with van der Waals surface area (Å²) in [5.74, 6) is 0.509. The zero-order valence-electron chi connectivity index (χ0n) is 18.0. The highest BCUT2D eigenvalue weighted by atomic mass is 35.5. The van der Waals surface area contributed by atoms with Gasteiger partial charge in [-0.3, -0.25) is 9.59 Å². The molecule has 2 N–H and O–H groups in total. The van der Waals surface area contributed by atoms with E-state index in [2.05, 4.69) is 17.6 Å². The van der Waals surface area contributed by atoms with Crippen LogP contribution < -0.4 is 20.1 Å². The highest BCUT2D eigenvalue weighted by Gasteiger charge is 2.15. The van der Waals surface area contributed by atoms with Gasteiger partial charge in [0.1, 0.15) is 0 Å². The van der Waals surface area contributed by atoms with Crippen molar-refractivity contribution >= 4 is 35.0 Å². The summed E-state index contributed by atoms with van der Waals surface area (Å²) in [5, 5.41) is 6.07. The Labute approximate surface area is 193 Å². The fraction of sp³-hybridized carbons (Fsp3) is 0.391. The maximum absolute atomic E-state index is 12.3. The Kier molecular flexibility index (Phi) is 9.95. The quantitative estimate of drug-likeness (QED) is 0.447. The molecular weight excluding hydrogens is 439 g/mol. The largest absolute Gasteiger partial charge is 0.493 e. The topological polar surface area (TPSA) is 76.7 Å². The summed E-state index contributed by atoms with van der Waals surface area (Å²) in [7, 11) is 1.58. The van der Waals surface area contributed by atoms with Crippen molar-refractivity contribution in [2.75, 3.05) is 20.3 Å². The lowest BCUT2D eigenvalue weighted by Gasteiger charge is -2.17. The summed E-state index contributed by atoms with van der Waals surface area (Å²) >= 11 is 11.9. The van der Waals surface area contributed by atoms with Crippen LogP contribution in [-0.4, -0.2) is 32.1 Å². The van der Waals surface area contributed by atoms with Crippen LogP contribution in [0.2, 0.25) is 10.0 Å². The Morgan fingerprint density at radius 1 is 1.06 bits per heavy atom. The zero-order valence-corrected chi connectivity index (χ0v) is 19.5. The van der Waals surface area contributed by atoms with Gasteiger partial charge in [0.05, 0.1) is 36.9 Å². The molecule has 1 atom stereocenters. The molecule has 2 rings (SSSR count). The second kappa shape index (κ2) is 12.4. The zero-order chi connectivity index (χ0) is 22.8. The molecule has 1 unspecified atom stereocenters. The predicted molar refractivity (Wildman–Crippen MR) is 123 cm³/mol. The van der Waals surface area contributed by atoms with E-state index in [-0.39, 0.29) is 29.1 Å². The number of hydrogen-bond donors (Lipinski definition) is 2. The summed E-state index contributed by atoms with van der Waals surface area (Å²) in [5.41, 5.74) is 1.12. The molecule has 0 aliphatic rings. The second-order valence-corrected chi connectivity index (χ2v) is 7.91. The molecule has 0 saturated carbocycles. The summed E-state index contributed by atoms with van der Waals surface area (Å²) in [6, 6.07) is 9.83. The average molecular weight is 467 g/mol. The smallest absolute Gasteiger partial charge is 0.253 e. The standard InChI is InChI=1S/C23H28Cl2N2O4/c1-4-5-6-11-31-20-10-7-16(12-21(20)30-3)15(2)27-22(28)14-26-23(29)18-9-8-17(24)13-19(18)25/h7-10,12-13,15H,4-6,11,14H2,1-3H3,(H,26,29)(H,27,28). The van der Waals surface area contributed by atoms with Crippen molar-refractivity contribution < 1.29 is 19.1 Å². The van der Waals surface area contributed by atoms with Crippen LogP contribution in [0.3, 0.4) is 0 Å². The molecule has 168 valence electrons. The maximum Gasteiger partial charge on any atom is 0.253 e. The first-order valence-corrected chi connectivity index (χ1v) is 10.9. The molecule has 31 heavy (non-hydrogen) atoms. The van der Waals surface area contributed by atoms with Gasteiger partial charge in [0.15, 0.2) is 11.5 Å². The molecule has 2 aromatic carbocycles. The van der Waals surface area contributed by atoms with Gasteiger partial charge in [-0.15, -0.1) is 0 Å². The molecule has 0 fully saturated rings. The van der Waals surface area contributed by atoms with Crippen molar-refractivity contribution in [1.82, 2.24) is 10.6 Å². The van der Waals surface area contributed by atoms with Crippen LogP contribution in [0.15, 0.2) is 36.4 Å². The molecule has 0 bridgehead atoms. The number of nitrogens with one attached hydrogen (secondary N) is 2. The Bertz CT molecular complexity index is 905. The number of rotatable bonds is 11. The minimum absolute atomic E-state index is 0.183. The molecule has 0 saturated heterocycles. The fourth-order valence-electron chi connectivity index (χ4n) is 2.91. The maximum atomic E-state index is 12.3. The van der Waals surface area contributed by atoms with Crippen LogP contribution >= 0.6 is 23.2 Å². The predicted octanol–water partition coefficient (Wildman–Crippen LogP) is 5.18. The van der Waals surface area contributed by atoms with Gasteiger partial charge in [0.25, 0.3) is 5.91 Å². The molecule has 0 radical (unpaired) electrons. The van der Waals surface area contributed by atoms with Gasteiger partial charge in [-0.05, 0) is 49.2 Å². The first kappa shape index (κ1) is 24.8. The number of carbonyl (C=O) groups is 2. The molecule has 0 aromatic heterocycles. The molecule has 8 heteroatoms. The third-order valence-electron chi connectivity index (χ3n) is 4.66. The van der Waals surface area contributed by atoms with Crippen molar-refractivity contribution in [2.45, 2.75) is 39.2 Å². The highest BCUT2D eigenvalue weighted by molar-refractivity contribution is 6.36. The molecule has 0 spiro atoms. The van der Waals surface area contributed by atoms with E-state index in [1.165, 1.54) is 12.1 Å². The van der Waals surface area contributed by atoms with Crippen molar-refractivity contribution in [1.29, 1.82) is 0 Å². The van der Waals surface area contributed by atoms with E-state index < -0.39 is 5.91 Å². The number of benzene rings is 2. The number of halogens is 2. The van der Waals surface area contributed by atoms with E-state index in [9.17, 15) is 9.59 Å². The molecule has 6 nitrogen and oxygen atoms in total. The first-order chi connectivity index (χ1) is 14.8. The van der Waals surface area contributed by atoms with E-state index in [4.69, 9.17) is 32.7 Å². The van der Waals surface area contributed by atoms with Gasteiger partial charge in [-0.1, -0.05) is 49.0 Å². The van der Waals surface area contributed by atoms with Crippen LogP contribution in [-0.2, 0) is 4.79 Å². The van der Waals surface area contributed by atoms with Gasteiger partial charge in [0.2, 0.25) is 5.91 Å². The van der Waals surface area contributed by atoms with E-state index in [1.54, 1.807) is 13.2 Å². The van der Waals surface area contributed by atoms with Gasteiger partial charge < -0.3 is 20.1 Å². The molecule has 0 heterocycles. The molecular formula is C23H28Cl2N2O4. The lowest BCUT2D eigenvalue weighted by molar-refractivity contribution is -0.120. The lowest BCUT2D eigenvalue weighted by atomic mass is 10.1. The minimum atomic E-state index is -0.448. The SMILES string of the molecule is CCCCCOc1ccc(C(C)NC(=O)CNC(=O)c2ccc(Cl)cc2Cl)cc1OC. The third-order valence-corrected chi connectivity index (χ3v) is 5.20. The van der Waals surface area contributed by atoms with E-state index in [1.807, 2.05) is 25.1 Å². The Morgan fingerprint density at radius 3 is 2.52 bits per heavy atom. The average Bonchev–Trinajstić information content (AvgIpc) is 2.75. The Balaban J connectivity index is 1.90. The normalized spacial score (nSPS) is 11.5. The lowest BCUT2D eigenvalue weighted by Crippen LogP contribution is -2.38. The van der Waals surface area contributed by atoms with Gasteiger partial charge >= 0.3 is 0 Å². The van der Waals surface area contributed by atoms with E-state index >= 15 is 0 Å². The van der Waals surface area contributed by atoms with Crippen LogP contribution in [0.4, 0.5) is 0 Å². The summed E-state index contributed by atoms with van der Waals surface area (Å²) in [4.78, 5) is 24.5. The number of unbranched alkanes of at least 4 members (excludes halogenated alkanes) is 2.